The predicted molar refractivity (Wildman–Crippen MR) is 71.7 cm³/mol. The van der Waals surface area contributed by atoms with Crippen LogP contribution in [0.15, 0.2) is 0 Å². The SMILES string of the molecule is CCN(CCOC)c1nc2c(s1)CCCC2N. The Bertz CT molecular complexity index is 367. The van der Waals surface area contributed by atoms with Crippen molar-refractivity contribution in [2.75, 3.05) is 31.7 Å². The molecule has 1 aliphatic carbocycles. The maximum Gasteiger partial charge on any atom is 0.185 e. The third-order valence-corrected chi connectivity index (χ3v) is 4.40. The highest BCUT2D eigenvalue weighted by Crippen LogP contribution is 2.35. The molecule has 0 fully saturated rings. The number of nitrogens with zero attached hydrogens (tertiary/aromatic N) is 2. The molecule has 5 heteroatoms. The molecule has 1 heterocycles. The Morgan fingerprint density at radius 2 is 2.41 bits per heavy atom. The van der Waals surface area contributed by atoms with Crippen molar-refractivity contribution in [2.45, 2.75) is 32.2 Å². The number of aryl methyl sites for hydroxylation is 1. The summed E-state index contributed by atoms with van der Waals surface area (Å²) >= 11 is 1.80. The van der Waals surface area contributed by atoms with Gasteiger partial charge >= 0.3 is 0 Å². The van der Waals surface area contributed by atoms with Crippen LogP contribution in [0.3, 0.4) is 0 Å². The van der Waals surface area contributed by atoms with Gasteiger partial charge in [-0.1, -0.05) is 0 Å². The number of fused-ring (bicyclic) bond motifs is 1. The number of aromatic nitrogens is 1. The van der Waals surface area contributed by atoms with E-state index < -0.39 is 0 Å². The van der Waals surface area contributed by atoms with Gasteiger partial charge in [0.05, 0.1) is 12.3 Å². The topological polar surface area (TPSA) is 51.4 Å². The minimum absolute atomic E-state index is 0.143. The van der Waals surface area contributed by atoms with Gasteiger partial charge in [-0.3, -0.25) is 0 Å². The number of likely N-dealkylation sites (N-methyl/N-ethyl adjacent to an activating group) is 1. The number of nitrogens with two attached hydrogens (primary N) is 1. The van der Waals surface area contributed by atoms with Crippen molar-refractivity contribution in [3.05, 3.63) is 10.6 Å². The lowest BCUT2D eigenvalue weighted by molar-refractivity contribution is 0.205. The van der Waals surface area contributed by atoms with Gasteiger partial charge in [0.25, 0.3) is 0 Å². The number of ether oxygens (including phenoxy) is 1. The van der Waals surface area contributed by atoms with Crippen LogP contribution in [-0.4, -0.2) is 31.8 Å². The summed E-state index contributed by atoms with van der Waals surface area (Å²) < 4.78 is 5.13. The molecule has 2 N–H and O–H groups in total. The lowest BCUT2D eigenvalue weighted by Gasteiger charge is -2.19. The highest BCUT2D eigenvalue weighted by atomic mass is 32.1. The summed E-state index contributed by atoms with van der Waals surface area (Å²) in [4.78, 5) is 8.37. The number of rotatable bonds is 5. The molecule has 1 aliphatic rings. The Labute approximate surface area is 107 Å². The van der Waals surface area contributed by atoms with Crippen molar-refractivity contribution in [3.8, 4) is 0 Å². The lowest BCUT2D eigenvalue weighted by Crippen LogP contribution is -2.26. The molecule has 0 aliphatic heterocycles. The molecule has 2 rings (SSSR count). The molecule has 1 atom stereocenters. The van der Waals surface area contributed by atoms with Crippen LogP contribution >= 0.6 is 11.3 Å². The first-order chi connectivity index (χ1) is 8.26. The largest absolute Gasteiger partial charge is 0.383 e. The van der Waals surface area contributed by atoms with Crippen molar-refractivity contribution >= 4 is 16.5 Å². The molecule has 0 aromatic carbocycles. The third-order valence-electron chi connectivity index (χ3n) is 3.20. The first-order valence-electron chi connectivity index (χ1n) is 6.25. The summed E-state index contributed by atoms with van der Waals surface area (Å²) in [5, 5.41) is 1.10. The normalized spacial score (nSPS) is 19.1. The maximum absolute atomic E-state index is 6.10. The summed E-state index contributed by atoms with van der Waals surface area (Å²) in [6, 6.07) is 0.143. The lowest BCUT2D eigenvalue weighted by atomic mass is 9.99. The third kappa shape index (κ3) is 2.78. The number of anilines is 1. The fourth-order valence-electron chi connectivity index (χ4n) is 2.16. The summed E-state index contributed by atoms with van der Waals surface area (Å²) in [6.45, 7) is 4.75. The number of hydrogen-bond donors (Lipinski definition) is 1. The number of methoxy groups -OCH3 is 1. The van der Waals surface area contributed by atoms with Gasteiger partial charge in [-0.2, -0.15) is 0 Å². The van der Waals surface area contributed by atoms with Crippen LogP contribution in [0.25, 0.3) is 0 Å². The van der Waals surface area contributed by atoms with Gasteiger partial charge < -0.3 is 15.4 Å². The average molecular weight is 255 g/mol. The van der Waals surface area contributed by atoms with E-state index in [9.17, 15) is 0 Å². The van der Waals surface area contributed by atoms with Gasteiger partial charge in [-0.15, -0.1) is 11.3 Å². The van der Waals surface area contributed by atoms with E-state index in [2.05, 4.69) is 11.8 Å². The Morgan fingerprint density at radius 1 is 1.59 bits per heavy atom. The minimum Gasteiger partial charge on any atom is -0.383 e. The van der Waals surface area contributed by atoms with E-state index >= 15 is 0 Å². The zero-order chi connectivity index (χ0) is 12.3. The van der Waals surface area contributed by atoms with E-state index in [1.54, 1.807) is 18.4 Å². The van der Waals surface area contributed by atoms with Crippen LogP contribution in [0.5, 0.6) is 0 Å². The Balaban J connectivity index is 2.15. The molecule has 0 saturated carbocycles. The van der Waals surface area contributed by atoms with Gasteiger partial charge in [0.1, 0.15) is 0 Å². The van der Waals surface area contributed by atoms with E-state index in [-0.39, 0.29) is 6.04 Å². The second kappa shape index (κ2) is 5.80. The molecule has 1 aromatic rings. The smallest absolute Gasteiger partial charge is 0.185 e. The van der Waals surface area contributed by atoms with Crippen LogP contribution in [0.2, 0.25) is 0 Å². The van der Waals surface area contributed by atoms with E-state index in [1.807, 2.05) is 0 Å². The second-order valence-corrected chi connectivity index (χ2v) is 5.44. The zero-order valence-corrected chi connectivity index (χ0v) is 11.4. The molecule has 1 aromatic heterocycles. The molecule has 0 amide bonds. The molecule has 17 heavy (non-hydrogen) atoms. The Kier molecular flexibility index (Phi) is 4.36. The molecule has 1 unspecified atom stereocenters. The fourth-order valence-corrected chi connectivity index (χ4v) is 3.43. The first-order valence-corrected chi connectivity index (χ1v) is 7.07. The molecule has 96 valence electrons. The van der Waals surface area contributed by atoms with Gasteiger partial charge in [0, 0.05) is 31.1 Å². The van der Waals surface area contributed by atoms with Crippen molar-refractivity contribution in [2.24, 2.45) is 5.73 Å². The first kappa shape index (κ1) is 12.8. The standard InChI is InChI=1S/C12H21N3OS/c1-3-15(7-8-16-2)12-14-11-9(13)5-4-6-10(11)17-12/h9H,3-8,13H2,1-2H3. The fraction of sp³-hybridized carbons (Fsp3) is 0.750. The monoisotopic (exact) mass is 255 g/mol. The van der Waals surface area contributed by atoms with E-state index in [4.69, 9.17) is 15.5 Å². The van der Waals surface area contributed by atoms with Crippen LogP contribution in [0.1, 0.15) is 36.4 Å². The number of thiazole rings is 1. The molecular weight excluding hydrogens is 234 g/mol. The minimum atomic E-state index is 0.143. The van der Waals surface area contributed by atoms with E-state index in [0.717, 1.165) is 43.4 Å². The van der Waals surface area contributed by atoms with Crippen molar-refractivity contribution in [3.63, 3.8) is 0 Å². The molecule has 4 nitrogen and oxygen atoms in total. The number of hydrogen-bond acceptors (Lipinski definition) is 5. The zero-order valence-electron chi connectivity index (χ0n) is 10.6. The molecule has 0 spiro atoms. The van der Waals surface area contributed by atoms with E-state index in [0.29, 0.717) is 0 Å². The van der Waals surface area contributed by atoms with Crippen molar-refractivity contribution in [1.82, 2.24) is 4.98 Å². The maximum atomic E-state index is 6.10. The average Bonchev–Trinajstić information content (AvgIpc) is 2.75. The van der Waals surface area contributed by atoms with Gasteiger partial charge in [0.15, 0.2) is 5.13 Å². The highest BCUT2D eigenvalue weighted by Gasteiger charge is 2.23. The molecule has 0 saturated heterocycles. The summed E-state index contributed by atoms with van der Waals surface area (Å²) in [7, 11) is 1.73. The van der Waals surface area contributed by atoms with Crippen LogP contribution in [0, 0.1) is 0 Å². The summed E-state index contributed by atoms with van der Waals surface area (Å²) in [6.07, 6.45) is 3.41. The van der Waals surface area contributed by atoms with Gasteiger partial charge in [-0.25, -0.2) is 4.98 Å². The van der Waals surface area contributed by atoms with Crippen LogP contribution in [0.4, 0.5) is 5.13 Å². The second-order valence-electron chi connectivity index (χ2n) is 4.38. The highest BCUT2D eigenvalue weighted by molar-refractivity contribution is 7.15. The van der Waals surface area contributed by atoms with Crippen molar-refractivity contribution < 1.29 is 4.74 Å². The Hall–Kier alpha value is -0.650. The van der Waals surface area contributed by atoms with Crippen LogP contribution < -0.4 is 10.6 Å². The molecule has 0 bridgehead atoms. The van der Waals surface area contributed by atoms with E-state index in [1.165, 1.54) is 11.3 Å². The van der Waals surface area contributed by atoms with Gasteiger partial charge in [0.2, 0.25) is 0 Å². The van der Waals surface area contributed by atoms with Crippen LogP contribution in [-0.2, 0) is 11.2 Å². The Morgan fingerprint density at radius 3 is 3.06 bits per heavy atom. The molecule has 0 radical (unpaired) electrons. The predicted octanol–water partition coefficient (Wildman–Crippen LogP) is 1.95. The summed E-state index contributed by atoms with van der Waals surface area (Å²) in [5.74, 6) is 0. The molecular formula is C12H21N3OS. The quantitative estimate of drug-likeness (QED) is 0.874. The summed E-state index contributed by atoms with van der Waals surface area (Å²) in [5.41, 5.74) is 7.23. The van der Waals surface area contributed by atoms with Gasteiger partial charge in [-0.05, 0) is 26.2 Å². The van der Waals surface area contributed by atoms with Crippen molar-refractivity contribution in [1.29, 1.82) is 0 Å².